The molecule has 18 heavy (non-hydrogen) atoms. The molecule has 0 aromatic carbocycles. The lowest BCUT2D eigenvalue weighted by atomic mass is 10.1. The Labute approximate surface area is 115 Å². The Kier molecular flexibility index (Phi) is 4.46. The van der Waals surface area contributed by atoms with Crippen LogP contribution < -0.4 is 11.3 Å². The number of halogens is 1. The molecule has 0 saturated heterocycles. The molecule has 0 aliphatic heterocycles. The number of hydrazine groups is 1. The summed E-state index contributed by atoms with van der Waals surface area (Å²) in [5.41, 5.74) is 4.85. The number of rotatable bonds is 5. The van der Waals surface area contributed by atoms with Gasteiger partial charge in [0.25, 0.3) is 0 Å². The van der Waals surface area contributed by atoms with Gasteiger partial charge in [-0.3, -0.25) is 20.9 Å². The summed E-state index contributed by atoms with van der Waals surface area (Å²) in [6, 6.07) is 3.81. The van der Waals surface area contributed by atoms with E-state index in [1.54, 1.807) is 6.20 Å². The Hall–Kier alpha value is -1.24. The molecule has 0 amide bonds. The first-order valence-electron chi connectivity index (χ1n) is 5.82. The molecule has 1 unspecified atom stereocenters. The van der Waals surface area contributed by atoms with Crippen molar-refractivity contribution in [1.82, 2.24) is 20.2 Å². The van der Waals surface area contributed by atoms with Crippen LogP contribution in [-0.2, 0) is 13.0 Å². The maximum atomic E-state index is 5.62. The van der Waals surface area contributed by atoms with Crippen molar-refractivity contribution in [2.24, 2.45) is 5.84 Å². The fourth-order valence-electron chi connectivity index (χ4n) is 1.81. The number of aryl methyl sites for hydroxylation is 1. The average molecular weight is 310 g/mol. The van der Waals surface area contributed by atoms with Crippen LogP contribution in [0.2, 0.25) is 0 Å². The SMILES string of the molecule is CCn1cc(CC(NN)c2ncccc2Br)cn1. The lowest BCUT2D eigenvalue weighted by molar-refractivity contribution is 0.535. The summed E-state index contributed by atoms with van der Waals surface area (Å²) in [6.45, 7) is 2.93. The number of hydrogen-bond acceptors (Lipinski definition) is 4. The molecule has 0 spiro atoms. The van der Waals surface area contributed by atoms with E-state index in [0.717, 1.165) is 28.7 Å². The highest BCUT2D eigenvalue weighted by molar-refractivity contribution is 9.10. The molecule has 0 saturated carbocycles. The van der Waals surface area contributed by atoms with Crippen LogP contribution in [0.5, 0.6) is 0 Å². The van der Waals surface area contributed by atoms with Crippen molar-refractivity contribution in [2.75, 3.05) is 0 Å². The Morgan fingerprint density at radius 1 is 1.56 bits per heavy atom. The predicted molar refractivity (Wildman–Crippen MR) is 73.6 cm³/mol. The summed E-state index contributed by atoms with van der Waals surface area (Å²) in [5.74, 6) is 5.62. The van der Waals surface area contributed by atoms with Gasteiger partial charge in [0.1, 0.15) is 0 Å². The summed E-state index contributed by atoms with van der Waals surface area (Å²) >= 11 is 3.49. The summed E-state index contributed by atoms with van der Waals surface area (Å²) in [5, 5.41) is 4.25. The highest BCUT2D eigenvalue weighted by Gasteiger charge is 2.15. The molecule has 96 valence electrons. The molecule has 3 N–H and O–H groups in total. The number of nitrogens with zero attached hydrogens (tertiary/aromatic N) is 3. The first-order valence-corrected chi connectivity index (χ1v) is 6.61. The standard InChI is InChI=1S/C12H16BrN5/c1-2-18-8-9(7-16-18)6-11(17-14)12-10(13)4-3-5-15-12/h3-5,7-8,11,17H,2,6,14H2,1H3. The summed E-state index contributed by atoms with van der Waals surface area (Å²) in [4.78, 5) is 4.36. The Bertz CT molecular complexity index is 511. The van der Waals surface area contributed by atoms with Crippen molar-refractivity contribution >= 4 is 15.9 Å². The summed E-state index contributed by atoms with van der Waals surface area (Å²) in [6.07, 6.45) is 6.41. The van der Waals surface area contributed by atoms with Gasteiger partial charge in [0, 0.05) is 23.4 Å². The molecular weight excluding hydrogens is 294 g/mol. The molecule has 1 atom stereocenters. The van der Waals surface area contributed by atoms with Gasteiger partial charge in [-0.15, -0.1) is 0 Å². The second-order valence-corrected chi connectivity index (χ2v) is 4.85. The molecule has 0 bridgehead atoms. The van der Waals surface area contributed by atoms with E-state index in [2.05, 4.69) is 38.4 Å². The van der Waals surface area contributed by atoms with E-state index in [1.807, 2.05) is 29.2 Å². The average Bonchev–Trinajstić information content (AvgIpc) is 2.85. The number of nitrogens with two attached hydrogens (primary N) is 1. The quantitative estimate of drug-likeness (QED) is 0.653. The molecule has 2 aromatic rings. The monoisotopic (exact) mass is 309 g/mol. The van der Waals surface area contributed by atoms with E-state index in [0.29, 0.717) is 0 Å². The normalized spacial score (nSPS) is 12.6. The maximum Gasteiger partial charge on any atom is 0.0731 e. The zero-order chi connectivity index (χ0) is 13.0. The predicted octanol–water partition coefficient (Wildman–Crippen LogP) is 1.81. The third-order valence-electron chi connectivity index (χ3n) is 2.77. The number of aromatic nitrogens is 3. The van der Waals surface area contributed by atoms with E-state index >= 15 is 0 Å². The molecule has 0 aliphatic carbocycles. The third kappa shape index (κ3) is 2.95. The molecule has 2 rings (SSSR count). The highest BCUT2D eigenvalue weighted by atomic mass is 79.9. The molecule has 6 heteroatoms. The third-order valence-corrected chi connectivity index (χ3v) is 3.44. The maximum absolute atomic E-state index is 5.62. The van der Waals surface area contributed by atoms with Gasteiger partial charge >= 0.3 is 0 Å². The summed E-state index contributed by atoms with van der Waals surface area (Å²) < 4.78 is 2.85. The zero-order valence-electron chi connectivity index (χ0n) is 10.2. The molecule has 2 aromatic heterocycles. The minimum absolute atomic E-state index is 0.0323. The number of pyridine rings is 1. The smallest absolute Gasteiger partial charge is 0.0731 e. The Morgan fingerprint density at radius 3 is 3.00 bits per heavy atom. The van der Waals surface area contributed by atoms with Gasteiger partial charge in [-0.25, -0.2) is 0 Å². The van der Waals surface area contributed by atoms with E-state index in [1.165, 1.54) is 0 Å². The number of hydrogen-bond donors (Lipinski definition) is 2. The first-order chi connectivity index (χ1) is 8.74. The Morgan fingerprint density at radius 2 is 2.39 bits per heavy atom. The van der Waals surface area contributed by atoms with E-state index < -0.39 is 0 Å². The molecule has 0 radical (unpaired) electrons. The molecule has 0 aliphatic rings. The van der Waals surface area contributed by atoms with Gasteiger partial charge in [0.05, 0.1) is 17.9 Å². The van der Waals surface area contributed by atoms with Crippen molar-refractivity contribution in [1.29, 1.82) is 0 Å². The fraction of sp³-hybridized carbons (Fsp3) is 0.333. The fourth-order valence-corrected chi connectivity index (χ4v) is 2.34. The second-order valence-electron chi connectivity index (χ2n) is 4.00. The molecule has 2 heterocycles. The lowest BCUT2D eigenvalue weighted by Crippen LogP contribution is -2.30. The highest BCUT2D eigenvalue weighted by Crippen LogP contribution is 2.23. The molecule has 0 fully saturated rings. The minimum atomic E-state index is -0.0323. The zero-order valence-corrected chi connectivity index (χ0v) is 11.8. The van der Waals surface area contributed by atoms with Crippen molar-refractivity contribution in [3.05, 3.63) is 46.5 Å². The van der Waals surface area contributed by atoms with Crippen LogP contribution in [0.1, 0.15) is 24.2 Å². The number of nitrogens with one attached hydrogen (secondary N) is 1. The molecular formula is C12H16BrN5. The minimum Gasteiger partial charge on any atom is -0.273 e. The van der Waals surface area contributed by atoms with Gasteiger partial charge in [-0.05, 0) is 47.0 Å². The van der Waals surface area contributed by atoms with E-state index in [-0.39, 0.29) is 6.04 Å². The van der Waals surface area contributed by atoms with Crippen molar-refractivity contribution in [3.63, 3.8) is 0 Å². The van der Waals surface area contributed by atoms with Gasteiger partial charge in [-0.1, -0.05) is 0 Å². The van der Waals surface area contributed by atoms with Gasteiger partial charge in [-0.2, -0.15) is 5.10 Å². The van der Waals surface area contributed by atoms with Crippen LogP contribution >= 0.6 is 15.9 Å². The topological polar surface area (TPSA) is 68.8 Å². The van der Waals surface area contributed by atoms with Crippen molar-refractivity contribution in [3.8, 4) is 0 Å². The van der Waals surface area contributed by atoms with Crippen LogP contribution in [0.25, 0.3) is 0 Å². The van der Waals surface area contributed by atoms with Crippen molar-refractivity contribution < 1.29 is 0 Å². The van der Waals surface area contributed by atoms with Crippen LogP contribution in [0.15, 0.2) is 35.2 Å². The van der Waals surface area contributed by atoms with Crippen LogP contribution in [0.3, 0.4) is 0 Å². The lowest BCUT2D eigenvalue weighted by Gasteiger charge is -2.15. The largest absolute Gasteiger partial charge is 0.273 e. The van der Waals surface area contributed by atoms with Gasteiger partial charge in [0.15, 0.2) is 0 Å². The first kappa shape index (κ1) is 13.2. The van der Waals surface area contributed by atoms with Crippen LogP contribution in [0, 0.1) is 0 Å². The molecule has 5 nitrogen and oxygen atoms in total. The van der Waals surface area contributed by atoms with E-state index in [9.17, 15) is 0 Å². The van der Waals surface area contributed by atoms with Gasteiger partial charge in [0.2, 0.25) is 0 Å². The van der Waals surface area contributed by atoms with Crippen molar-refractivity contribution in [2.45, 2.75) is 25.9 Å². The second kappa shape index (κ2) is 6.08. The summed E-state index contributed by atoms with van der Waals surface area (Å²) in [7, 11) is 0. The van der Waals surface area contributed by atoms with Gasteiger partial charge < -0.3 is 0 Å². The van der Waals surface area contributed by atoms with E-state index in [4.69, 9.17) is 5.84 Å². The Balaban J connectivity index is 2.17. The van der Waals surface area contributed by atoms with Crippen LogP contribution in [0.4, 0.5) is 0 Å². The van der Waals surface area contributed by atoms with Crippen LogP contribution in [-0.4, -0.2) is 14.8 Å².